The minimum absolute atomic E-state index is 0.0636. The van der Waals surface area contributed by atoms with Crippen LogP contribution in [0.15, 0.2) is 35.3 Å². The number of nitrogens with two attached hydrogens (primary N) is 1. The molecule has 0 spiro atoms. The number of nitrogens with zero attached hydrogens (tertiary/aromatic N) is 2. The number of carbonyl (C=O) groups is 1. The number of benzene rings is 1. The summed E-state index contributed by atoms with van der Waals surface area (Å²) in [6, 6.07) is 6.52. The highest BCUT2D eigenvalue weighted by Gasteiger charge is 2.19. The van der Waals surface area contributed by atoms with Crippen LogP contribution in [0.1, 0.15) is 20.8 Å². The van der Waals surface area contributed by atoms with Crippen molar-refractivity contribution in [3.63, 3.8) is 0 Å². The lowest BCUT2D eigenvalue weighted by Crippen LogP contribution is -2.48. The van der Waals surface area contributed by atoms with Gasteiger partial charge in [0.15, 0.2) is 0 Å². The first-order chi connectivity index (χ1) is 10.4. The van der Waals surface area contributed by atoms with Gasteiger partial charge < -0.3 is 11.1 Å². The molecule has 2 rings (SSSR count). The molecule has 0 aliphatic heterocycles. The van der Waals surface area contributed by atoms with Crippen LogP contribution in [-0.4, -0.2) is 27.8 Å². The average molecular weight is 302 g/mol. The summed E-state index contributed by atoms with van der Waals surface area (Å²) in [5.41, 5.74) is 5.65. The highest BCUT2D eigenvalue weighted by Crippen LogP contribution is 2.06. The summed E-state index contributed by atoms with van der Waals surface area (Å²) in [7, 11) is 0. The van der Waals surface area contributed by atoms with Crippen LogP contribution in [0.3, 0.4) is 0 Å². The minimum atomic E-state index is -0.552. The number of nitrogens with one attached hydrogen (secondary N) is 1. The molecule has 1 aromatic carbocycles. The second-order valence-electron chi connectivity index (χ2n) is 5.90. The molecule has 0 saturated carbocycles. The fourth-order valence-corrected chi connectivity index (χ4v) is 2.20. The predicted octanol–water partition coefficient (Wildman–Crippen LogP) is 0.884. The van der Waals surface area contributed by atoms with E-state index in [9.17, 15) is 9.59 Å². The molecule has 1 aromatic heterocycles. The molecule has 2 aromatic rings. The molecule has 1 heterocycles. The van der Waals surface area contributed by atoms with Crippen molar-refractivity contribution in [3.05, 3.63) is 40.8 Å². The van der Waals surface area contributed by atoms with Gasteiger partial charge in [-0.3, -0.25) is 9.59 Å². The van der Waals surface area contributed by atoms with Gasteiger partial charge in [-0.05, 0) is 18.9 Å². The number of rotatable bonds is 5. The normalized spacial score (nSPS) is 14.0. The second-order valence-corrected chi connectivity index (χ2v) is 5.90. The smallest absolute Gasteiger partial charge is 0.274 e. The summed E-state index contributed by atoms with van der Waals surface area (Å²) >= 11 is 0. The maximum Gasteiger partial charge on any atom is 0.274 e. The third-order valence-corrected chi connectivity index (χ3v) is 3.62. The largest absolute Gasteiger partial charge is 0.350 e. The lowest BCUT2D eigenvalue weighted by Gasteiger charge is -2.20. The van der Waals surface area contributed by atoms with E-state index in [1.165, 1.54) is 4.68 Å². The van der Waals surface area contributed by atoms with Gasteiger partial charge in [0.2, 0.25) is 5.91 Å². The van der Waals surface area contributed by atoms with Crippen LogP contribution in [0.25, 0.3) is 10.8 Å². The van der Waals surface area contributed by atoms with Gasteiger partial charge in [0.25, 0.3) is 5.56 Å². The third kappa shape index (κ3) is 3.51. The lowest BCUT2D eigenvalue weighted by molar-refractivity contribution is -0.123. The second kappa shape index (κ2) is 6.70. The Balaban J connectivity index is 2.12. The number of amides is 1. The number of fused-ring (bicyclic) bond motifs is 1. The van der Waals surface area contributed by atoms with E-state index in [0.29, 0.717) is 11.9 Å². The first-order valence-corrected chi connectivity index (χ1v) is 7.41. The zero-order chi connectivity index (χ0) is 16.3. The standard InChI is InChI=1S/C16H22N4O2/c1-10(2)14(17)15(21)19-11(3)9-20-16(22)13-7-5-4-6-12(13)8-18-20/h4-8,10-11,14H,9,17H2,1-3H3,(H,19,21)/t11?,14-/m0/s1. The Bertz CT molecular complexity index is 723. The molecule has 6 heteroatoms. The molecule has 22 heavy (non-hydrogen) atoms. The van der Waals surface area contributed by atoms with Crippen molar-refractivity contribution >= 4 is 16.7 Å². The van der Waals surface area contributed by atoms with Crippen molar-refractivity contribution in [3.8, 4) is 0 Å². The van der Waals surface area contributed by atoms with Crippen LogP contribution in [-0.2, 0) is 11.3 Å². The zero-order valence-corrected chi connectivity index (χ0v) is 13.1. The topological polar surface area (TPSA) is 90.0 Å². The van der Waals surface area contributed by atoms with Crippen LogP contribution in [0.2, 0.25) is 0 Å². The molecular formula is C16H22N4O2. The molecule has 0 saturated heterocycles. The molecule has 118 valence electrons. The Labute approximate surface area is 129 Å². The summed E-state index contributed by atoms with van der Waals surface area (Å²) in [6.07, 6.45) is 1.66. The van der Waals surface area contributed by atoms with Crippen LogP contribution in [0, 0.1) is 5.92 Å². The fraction of sp³-hybridized carbons (Fsp3) is 0.438. The molecule has 1 amide bonds. The van der Waals surface area contributed by atoms with Gasteiger partial charge in [-0.2, -0.15) is 5.10 Å². The van der Waals surface area contributed by atoms with Crippen molar-refractivity contribution in [2.75, 3.05) is 0 Å². The molecule has 0 radical (unpaired) electrons. The van der Waals surface area contributed by atoms with Crippen LogP contribution < -0.4 is 16.6 Å². The fourth-order valence-electron chi connectivity index (χ4n) is 2.20. The SMILES string of the molecule is CC(Cn1ncc2ccccc2c1=O)NC(=O)[C@@H](N)C(C)C. The molecule has 2 atom stereocenters. The first-order valence-electron chi connectivity index (χ1n) is 7.41. The summed E-state index contributed by atoms with van der Waals surface area (Å²) < 4.78 is 1.37. The Morgan fingerprint density at radius 1 is 1.32 bits per heavy atom. The molecule has 0 aliphatic carbocycles. The van der Waals surface area contributed by atoms with Gasteiger partial charge >= 0.3 is 0 Å². The van der Waals surface area contributed by atoms with E-state index in [-0.39, 0.29) is 23.4 Å². The van der Waals surface area contributed by atoms with E-state index in [1.807, 2.05) is 39.0 Å². The summed E-state index contributed by atoms with van der Waals surface area (Å²) in [5, 5.41) is 8.40. The molecular weight excluding hydrogens is 280 g/mol. The number of hydrogen-bond donors (Lipinski definition) is 2. The quantitative estimate of drug-likeness (QED) is 0.858. The lowest BCUT2D eigenvalue weighted by atomic mass is 10.0. The molecule has 0 aliphatic rings. The van der Waals surface area contributed by atoms with Gasteiger partial charge in [-0.25, -0.2) is 4.68 Å². The van der Waals surface area contributed by atoms with Gasteiger partial charge in [0, 0.05) is 11.4 Å². The molecule has 0 fully saturated rings. The molecule has 3 N–H and O–H groups in total. The van der Waals surface area contributed by atoms with E-state index in [4.69, 9.17) is 5.73 Å². The van der Waals surface area contributed by atoms with Crippen LogP contribution in [0.4, 0.5) is 0 Å². The minimum Gasteiger partial charge on any atom is -0.350 e. The summed E-state index contributed by atoms with van der Waals surface area (Å²) in [6.45, 7) is 5.92. The number of hydrogen-bond acceptors (Lipinski definition) is 4. The average Bonchev–Trinajstić information content (AvgIpc) is 2.49. The van der Waals surface area contributed by atoms with Crippen molar-refractivity contribution in [2.45, 2.75) is 39.4 Å². The van der Waals surface area contributed by atoms with Crippen LogP contribution in [0.5, 0.6) is 0 Å². The molecule has 6 nitrogen and oxygen atoms in total. The zero-order valence-electron chi connectivity index (χ0n) is 13.1. The Kier molecular flexibility index (Phi) is 4.92. The van der Waals surface area contributed by atoms with Crippen molar-refractivity contribution in [2.24, 2.45) is 11.7 Å². The number of aromatic nitrogens is 2. The van der Waals surface area contributed by atoms with Gasteiger partial charge in [-0.1, -0.05) is 32.0 Å². The van der Waals surface area contributed by atoms with E-state index >= 15 is 0 Å². The summed E-state index contributed by atoms with van der Waals surface area (Å²) in [5.74, 6) is -0.148. The van der Waals surface area contributed by atoms with Crippen molar-refractivity contribution < 1.29 is 4.79 Å². The monoisotopic (exact) mass is 302 g/mol. The van der Waals surface area contributed by atoms with E-state index < -0.39 is 6.04 Å². The number of carbonyl (C=O) groups excluding carboxylic acids is 1. The Hall–Kier alpha value is -2.21. The maximum absolute atomic E-state index is 12.4. The maximum atomic E-state index is 12.4. The van der Waals surface area contributed by atoms with E-state index in [2.05, 4.69) is 10.4 Å². The Morgan fingerprint density at radius 2 is 2.00 bits per heavy atom. The predicted molar refractivity (Wildman–Crippen MR) is 86.4 cm³/mol. The highest BCUT2D eigenvalue weighted by atomic mass is 16.2. The Morgan fingerprint density at radius 3 is 2.68 bits per heavy atom. The van der Waals surface area contributed by atoms with Crippen molar-refractivity contribution in [1.29, 1.82) is 0 Å². The van der Waals surface area contributed by atoms with Crippen molar-refractivity contribution in [1.82, 2.24) is 15.1 Å². The molecule has 1 unspecified atom stereocenters. The van der Waals surface area contributed by atoms with Gasteiger partial charge in [0.1, 0.15) is 0 Å². The van der Waals surface area contributed by atoms with Crippen LogP contribution >= 0.6 is 0 Å². The third-order valence-electron chi connectivity index (χ3n) is 3.62. The molecule has 0 bridgehead atoms. The summed E-state index contributed by atoms with van der Waals surface area (Å²) in [4.78, 5) is 24.3. The first kappa shape index (κ1) is 16.2. The van der Waals surface area contributed by atoms with Gasteiger partial charge in [-0.15, -0.1) is 0 Å². The highest BCUT2D eigenvalue weighted by molar-refractivity contribution is 5.82. The van der Waals surface area contributed by atoms with E-state index in [0.717, 1.165) is 5.39 Å². The van der Waals surface area contributed by atoms with Gasteiger partial charge in [0.05, 0.1) is 24.2 Å². The van der Waals surface area contributed by atoms with E-state index in [1.54, 1.807) is 12.3 Å².